The number of rotatable bonds is 7. The predicted molar refractivity (Wildman–Crippen MR) is 71.3 cm³/mol. The topological polar surface area (TPSA) is 49.3 Å². The van der Waals surface area contributed by atoms with Gasteiger partial charge in [-0.3, -0.25) is 4.79 Å². The lowest BCUT2D eigenvalue weighted by Gasteiger charge is -2.08. The van der Waals surface area contributed by atoms with Gasteiger partial charge in [0.05, 0.1) is 5.92 Å². The Labute approximate surface area is 107 Å². The zero-order valence-electron chi connectivity index (χ0n) is 10.3. The fourth-order valence-corrected chi connectivity index (χ4v) is 1.83. The maximum Gasteiger partial charge on any atom is 0.306 e. The van der Waals surface area contributed by atoms with Gasteiger partial charge < -0.3 is 10.4 Å². The van der Waals surface area contributed by atoms with Crippen molar-refractivity contribution in [3.8, 4) is 0 Å². The van der Waals surface area contributed by atoms with Crippen molar-refractivity contribution in [3.63, 3.8) is 0 Å². The van der Waals surface area contributed by atoms with Gasteiger partial charge in [-0.05, 0) is 36.9 Å². The van der Waals surface area contributed by atoms with Crippen LogP contribution in [0.25, 0.3) is 0 Å². The van der Waals surface area contributed by atoms with E-state index in [1.807, 2.05) is 0 Å². The van der Waals surface area contributed by atoms with Crippen LogP contribution in [0.3, 0.4) is 0 Å². The van der Waals surface area contributed by atoms with E-state index in [1.165, 1.54) is 10.5 Å². The molecule has 2 N–H and O–H groups in total. The molecule has 1 aromatic rings. The van der Waals surface area contributed by atoms with Crippen molar-refractivity contribution in [2.75, 3.05) is 12.8 Å². The van der Waals surface area contributed by atoms with Crippen molar-refractivity contribution >= 4 is 17.7 Å². The monoisotopic (exact) mass is 253 g/mol. The zero-order valence-corrected chi connectivity index (χ0v) is 11.1. The second-order valence-electron chi connectivity index (χ2n) is 4.05. The number of aliphatic carboxylic acids is 1. The molecule has 3 nitrogen and oxygen atoms in total. The molecule has 1 atom stereocenters. The summed E-state index contributed by atoms with van der Waals surface area (Å²) in [6.07, 6.45) is 2.72. The van der Waals surface area contributed by atoms with Crippen LogP contribution < -0.4 is 5.32 Å². The molecular formula is C13H19NO2S. The highest BCUT2D eigenvalue weighted by Gasteiger charge is 2.09. The van der Waals surface area contributed by atoms with Crippen LogP contribution in [0.2, 0.25) is 0 Å². The minimum atomic E-state index is -0.726. The molecule has 0 saturated heterocycles. The fraction of sp³-hybridized carbons (Fsp3) is 0.462. The van der Waals surface area contributed by atoms with Gasteiger partial charge in [-0.1, -0.05) is 19.1 Å². The molecule has 0 spiro atoms. The molecular weight excluding hydrogens is 234 g/mol. The summed E-state index contributed by atoms with van der Waals surface area (Å²) in [6.45, 7) is 3.26. The minimum Gasteiger partial charge on any atom is -0.481 e. The number of carbonyl (C=O) groups is 1. The Hall–Kier alpha value is -1.00. The summed E-state index contributed by atoms with van der Waals surface area (Å²) in [5, 5.41) is 12.0. The lowest BCUT2D eigenvalue weighted by Crippen LogP contribution is -2.20. The van der Waals surface area contributed by atoms with E-state index in [-0.39, 0.29) is 5.92 Å². The van der Waals surface area contributed by atoms with Crippen LogP contribution in [0.15, 0.2) is 29.2 Å². The van der Waals surface area contributed by atoms with Crippen molar-refractivity contribution < 1.29 is 9.90 Å². The standard InChI is InChI=1S/C13H19NO2S/c1-10(13(15)16)7-8-14-9-11-3-5-12(17-2)6-4-11/h3-6,10,14H,7-9H2,1-2H3,(H,15,16). The molecule has 94 valence electrons. The van der Waals surface area contributed by atoms with Gasteiger partial charge in [0.15, 0.2) is 0 Å². The highest BCUT2D eigenvalue weighted by molar-refractivity contribution is 7.98. The van der Waals surface area contributed by atoms with Gasteiger partial charge in [0.25, 0.3) is 0 Å². The Morgan fingerprint density at radius 1 is 1.41 bits per heavy atom. The van der Waals surface area contributed by atoms with Crippen molar-refractivity contribution in [1.82, 2.24) is 5.32 Å². The van der Waals surface area contributed by atoms with E-state index < -0.39 is 5.97 Å². The highest BCUT2D eigenvalue weighted by atomic mass is 32.2. The molecule has 4 heteroatoms. The Morgan fingerprint density at radius 2 is 2.06 bits per heavy atom. The van der Waals surface area contributed by atoms with Crippen LogP contribution in [-0.2, 0) is 11.3 Å². The number of hydrogen-bond acceptors (Lipinski definition) is 3. The van der Waals surface area contributed by atoms with E-state index in [2.05, 4.69) is 35.8 Å². The third-order valence-electron chi connectivity index (χ3n) is 2.66. The quantitative estimate of drug-likeness (QED) is 0.579. The van der Waals surface area contributed by atoms with Crippen LogP contribution in [-0.4, -0.2) is 23.9 Å². The second-order valence-corrected chi connectivity index (χ2v) is 4.93. The number of nitrogens with one attached hydrogen (secondary N) is 1. The lowest BCUT2D eigenvalue weighted by atomic mass is 10.1. The van der Waals surface area contributed by atoms with Crippen LogP contribution in [0.4, 0.5) is 0 Å². The smallest absolute Gasteiger partial charge is 0.306 e. The van der Waals surface area contributed by atoms with Crippen LogP contribution in [0, 0.1) is 5.92 Å². The largest absolute Gasteiger partial charge is 0.481 e. The van der Waals surface area contributed by atoms with Gasteiger partial charge in [-0.2, -0.15) is 0 Å². The van der Waals surface area contributed by atoms with Gasteiger partial charge >= 0.3 is 5.97 Å². The van der Waals surface area contributed by atoms with Crippen LogP contribution in [0.5, 0.6) is 0 Å². The van der Waals surface area contributed by atoms with Crippen LogP contribution >= 0.6 is 11.8 Å². The van der Waals surface area contributed by atoms with Crippen molar-refractivity contribution in [3.05, 3.63) is 29.8 Å². The number of carboxylic acids is 1. The molecule has 0 aromatic heterocycles. The Kier molecular flexibility index (Phi) is 6.08. The number of thioether (sulfide) groups is 1. The zero-order chi connectivity index (χ0) is 12.7. The van der Waals surface area contributed by atoms with Crippen LogP contribution in [0.1, 0.15) is 18.9 Å². The Morgan fingerprint density at radius 3 is 2.59 bits per heavy atom. The molecule has 0 fully saturated rings. The van der Waals surface area contributed by atoms with Gasteiger partial charge in [0.1, 0.15) is 0 Å². The average molecular weight is 253 g/mol. The van der Waals surface area contributed by atoms with E-state index in [0.29, 0.717) is 6.42 Å². The first-order valence-electron chi connectivity index (χ1n) is 5.70. The third-order valence-corrected chi connectivity index (χ3v) is 3.41. The third kappa shape index (κ3) is 5.24. The summed E-state index contributed by atoms with van der Waals surface area (Å²) in [4.78, 5) is 11.9. The van der Waals surface area contributed by atoms with E-state index in [4.69, 9.17) is 5.11 Å². The molecule has 0 heterocycles. The second kappa shape index (κ2) is 7.35. The van der Waals surface area contributed by atoms with Gasteiger partial charge in [-0.15, -0.1) is 11.8 Å². The van der Waals surface area contributed by atoms with E-state index in [0.717, 1.165) is 13.1 Å². The molecule has 1 rings (SSSR count). The maximum atomic E-state index is 10.6. The first kappa shape index (κ1) is 14.1. The average Bonchev–Trinajstić information content (AvgIpc) is 2.35. The molecule has 0 bridgehead atoms. The van der Waals surface area contributed by atoms with Crippen molar-refractivity contribution in [2.24, 2.45) is 5.92 Å². The molecule has 0 radical (unpaired) electrons. The molecule has 0 aliphatic carbocycles. The first-order chi connectivity index (χ1) is 8.13. The molecule has 17 heavy (non-hydrogen) atoms. The summed E-state index contributed by atoms with van der Waals surface area (Å²) in [6, 6.07) is 8.39. The van der Waals surface area contributed by atoms with Gasteiger partial charge in [0, 0.05) is 11.4 Å². The van der Waals surface area contributed by atoms with Crippen molar-refractivity contribution in [1.29, 1.82) is 0 Å². The summed E-state index contributed by atoms with van der Waals surface area (Å²) in [7, 11) is 0. The van der Waals surface area contributed by atoms with Gasteiger partial charge in [-0.25, -0.2) is 0 Å². The SMILES string of the molecule is CSc1ccc(CNCCC(C)C(=O)O)cc1. The van der Waals surface area contributed by atoms with Crippen molar-refractivity contribution in [2.45, 2.75) is 24.8 Å². The normalized spacial score (nSPS) is 12.4. The summed E-state index contributed by atoms with van der Waals surface area (Å²) < 4.78 is 0. The predicted octanol–water partition coefficient (Wildman–Crippen LogP) is 2.61. The Bertz CT molecular complexity index is 351. The van der Waals surface area contributed by atoms with E-state index in [1.54, 1.807) is 18.7 Å². The van der Waals surface area contributed by atoms with Gasteiger partial charge in [0.2, 0.25) is 0 Å². The maximum absolute atomic E-state index is 10.6. The number of hydrogen-bond donors (Lipinski definition) is 2. The molecule has 1 unspecified atom stereocenters. The van der Waals surface area contributed by atoms with E-state index in [9.17, 15) is 4.79 Å². The Balaban J connectivity index is 2.24. The summed E-state index contributed by atoms with van der Waals surface area (Å²) >= 11 is 1.73. The fourth-order valence-electron chi connectivity index (χ4n) is 1.42. The molecule has 0 saturated carbocycles. The molecule has 1 aromatic carbocycles. The highest BCUT2D eigenvalue weighted by Crippen LogP contribution is 2.14. The number of benzene rings is 1. The molecule has 0 aliphatic rings. The lowest BCUT2D eigenvalue weighted by molar-refractivity contribution is -0.141. The molecule has 0 amide bonds. The summed E-state index contributed by atoms with van der Waals surface area (Å²) in [5.74, 6) is -1.00. The first-order valence-corrected chi connectivity index (χ1v) is 6.92. The van der Waals surface area contributed by atoms with E-state index >= 15 is 0 Å². The summed E-state index contributed by atoms with van der Waals surface area (Å²) in [5.41, 5.74) is 1.23. The minimum absolute atomic E-state index is 0.277. The number of carboxylic acid groups (broad SMARTS) is 1. The molecule has 0 aliphatic heterocycles.